The summed E-state index contributed by atoms with van der Waals surface area (Å²) in [5, 5.41) is 0. The van der Waals surface area contributed by atoms with E-state index in [9.17, 15) is 13.0 Å². The molecule has 5 heteroatoms. The highest BCUT2D eigenvalue weighted by atomic mass is 35.7. The van der Waals surface area contributed by atoms with Gasteiger partial charge in [0.05, 0.1) is 0 Å². The van der Waals surface area contributed by atoms with Gasteiger partial charge in [-0.3, -0.25) is 0 Å². The van der Waals surface area contributed by atoms with E-state index in [1.54, 1.807) is 0 Å². The van der Waals surface area contributed by atoms with Gasteiger partial charge in [-0.2, -0.15) is 0 Å². The maximum absolute atomic E-state index is 11.7. The molecule has 0 rings (SSSR count). The van der Waals surface area contributed by atoms with Crippen LogP contribution >= 0.6 is 10.7 Å². The number of hydrogen-bond donors (Lipinski definition) is 0. The molecule has 0 saturated heterocycles. The number of hydrogen-bond acceptors (Lipinski definition) is 1. The van der Waals surface area contributed by atoms with Crippen molar-refractivity contribution in [3.63, 3.8) is 0 Å². The van der Waals surface area contributed by atoms with Gasteiger partial charge in [-0.1, -0.05) is 0 Å². The number of halogens is 3. The van der Waals surface area contributed by atoms with Gasteiger partial charge in [0.1, 0.15) is 15.8 Å². The molecule has 0 bridgehead atoms. The lowest BCUT2D eigenvalue weighted by atomic mass is 10.5. The molecule has 0 radical (unpaired) electrons. The van der Waals surface area contributed by atoms with Crippen molar-refractivity contribution >= 4 is 20.7 Å². The molecule has 1 nitrogen and oxygen atoms in total. The lowest BCUT2D eigenvalue weighted by Crippen LogP contribution is -2.17. The van der Waals surface area contributed by atoms with Crippen LogP contribution in [0, 0.1) is 0 Å². The highest BCUT2D eigenvalue weighted by Gasteiger charge is 2.23. The van der Waals surface area contributed by atoms with Crippen LogP contribution in [-0.2, 0) is 10.0 Å². The van der Waals surface area contributed by atoms with Crippen LogP contribution < -0.4 is 0 Å². The SMILES string of the molecule is CC(F)(F)CS(=O)Cl. The predicted octanol–water partition coefficient (Wildman–Crippen LogP) is 1.54. The zero-order valence-corrected chi connectivity index (χ0v) is 5.73. The summed E-state index contributed by atoms with van der Waals surface area (Å²) in [6.07, 6.45) is 0. The molecule has 0 aliphatic carbocycles. The molecule has 0 heterocycles. The van der Waals surface area contributed by atoms with E-state index >= 15 is 0 Å². The minimum absolute atomic E-state index is 0.674. The minimum atomic E-state index is -2.91. The fourth-order valence-electron chi connectivity index (χ4n) is 0.199. The Labute approximate surface area is 53.0 Å². The molecule has 0 fully saturated rings. The van der Waals surface area contributed by atoms with Crippen LogP contribution in [0.3, 0.4) is 0 Å². The Morgan fingerprint density at radius 1 is 1.75 bits per heavy atom. The van der Waals surface area contributed by atoms with Gasteiger partial charge in [-0.15, -0.1) is 0 Å². The molecule has 0 aromatic heterocycles. The first-order valence-electron chi connectivity index (χ1n) is 1.84. The first-order chi connectivity index (χ1) is 3.42. The molecule has 0 amide bonds. The average molecular weight is 163 g/mol. The van der Waals surface area contributed by atoms with Crippen molar-refractivity contribution in [3.8, 4) is 0 Å². The lowest BCUT2D eigenvalue weighted by Gasteiger charge is -2.03. The summed E-state index contributed by atoms with van der Waals surface area (Å²) in [6, 6.07) is 0. The van der Waals surface area contributed by atoms with Crippen molar-refractivity contribution in [3.05, 3.63) is 0 Å². The largest absolute Gasteiger partial charge is 0.257 e. The highest BCUT2D eigenvalue weighted by Crippen LogP contribution is 2.13. The summed E-state index contributed by atoms with van der Waals surface area (Å²) < 4.78 is 33.2. The second-order valence-corrected chi connectivity index (χ2v) is 3.41. The second-order valence-electron chi connectivity index (χ2n) is 1.50. The van der Waals surface area contributed by atoms with Gasteiger partial charge in [0.2, 0.25) is 0 Å². The van der Waals surface area contributed by atoms with E-state index in [-0.39, 0.29) is 0 Å². The maximum Gasteiger partial charge on any atom is 0.257 e. The third-order valence-electron chi connectivity index (χ3n) is 0.367. The van der Waals surface area contributed by atoms with E-state index < -0.39 is 21.7 Å². The molecule has 0 aliphatic heterocycles. The Bertz CT molecular complexity index is 99.9. The first-order valence-corrected chi connectivity index (χ1v) is 3.99. The normalized spacial score (nSPS) is 16.0. The molecular formula is C3H5ClF2OS. The molecule has 50 valence electrons. The van der Waals surface area contributed by atoms with E-state index in [1.165, 1.54) is 0 Å². The standard InChI is InChI=1S/C3H5ClF2OS/c1-3(5,6)2-8(4)7/h2H2,1H3. The van der Waals surface area contributed by atoms with Crippen molar-refractivity contribution in [2.45, 2.75) is 12.8 Å². The van der Waals surface area contributed by atoms with Crippen LogP contribution in [0.25, 0.3) is 0 Å². The van der Waals surface area contributed by atoms with Crippen molar-refractivity contribution in [2.24, 2.45) is 0 Å². The summed E-state index contributed by atoms with van der Waals surface area (Å²) >= 11 is 0. The lowest BCUT2D eigenvalue weighted by molar-refractivity contribution is 0.0486. The monoisotopic (exact) mass is 162 g/mol. The molecule has 0 aromatic rings. The van der Waals surface area contributed by atoms with Gasteiger partial charge in [-0.25, -0.2) is 13.0 Å². The van der Waals surface area contributed by atoms with Crippen LogP contribution in [0.1, 0.15) is 6.92 Å². The van der Waals surface area contributed by atoms with E-state index in [2.05, 4.69) is 0 Å². The van der Waals surface area contributed by atoms with Crippen LogP contribution in [0.5, 0.6) is 0 Å². The van der Waals surface area contributed by atoms with Crippen molar-refractivity contribution < 1.29 is 13.0 Å². The zero-order chi connectivity index (χ0) is 6.78. The van der Waals surface area contributed by atoms with Crippen molar-refractivity contribution in [1.29, 1.82) is 0 Å². The third kappa shape index (κ3) is 6.30. The summed E-state index contributed by atoms with van der Waals surface area (Å²) in [5.74, 6) is -3.68. The summed E-state index contributed by atoms with van der Waals surface area (Å²) in [4.78, 5) is 0. The smallest absolute Gasteiger partial charge is 0.242 e. The van der Waals surface area contributed by atoms with E-state index in [1.807, 2.05) is 0 Å². The summed E-state index contributed by atoms with van der Waals surface area (Å²) in [7, 11) is 2.84. The van der Waals surface area contributed by atoms with E-state index in [0.29, 0.717) is 6.92 Å². The summed E-state index contributed by atoms with van der Waals surface area (Å²) in [5.41, 5.74) is 0. The molecule has 8 heavy (non-hydrogen) atoms. The Balaban J connectivity index is 3.55. The van der Waals surface area contributed by atoms with E-state index in [0.717, 1.165) is 0 Å². The quantitative estimate of drug-likeness (QED) is 0.563. The number of alkyl halides is 2. The van der Waals surface area contributed by atoms with Gasteiger partial charge in [0, 0.05) is 6.92 Å². The van der Waals surface area contributed by atoms with Gasteiger partial charge >= 0.3 is 0 Å². The molecular weight excluding hydrogens is 158 g/mol. The van der Waals surface area contributed by atoms with Crippen LogP contribution in [0.15, 0.2) is 0 Å². The first kappa shape index (κ1) is 8.30. The molecule has 0 N–H and O–H groups in total. The van der Waals surface area contributed by atoms with Gasteiger partial charge < -0.3 is 0 Å². The molecule has 0 aliphatic rings. The minimum Gasteiger partial charge on any atom is -0.242 e. The van der Waals surface area contributed by atoms with Gasteiger partial charge in [0.15, 0.2) is 0 Å². The summed E-state index contributed by atoms with van der Waals surface area (Å²) in [6.45, 7) is 0.674. The molecule has 0 saturated carbocycles. The predicted molar refractivity (Wildman–Crippen MR) is 29.5 cm³/mol. The highest BCUT2D eigenvalue weighted by molar-refractivity contribution is 8.08. The van der Waals surface area contributed by atoms with Crippen LogP contribution in [0.2, 0.25) is 0 Å². The topological polar surface area (TPSA) is 17.1 Å². The van der Waals surface area contributed by atoms with E-state index in [4.69, 9.17) is 10.7 Å². The third-order valence-corrected chi connectivity index (χ3v) is 1.43. The zero-order valence-electron chi connectivity index (χ0n) is 4.16. The molecule has 0 aromatic carbocycles. The van der Waals surface area contributed by atoms with Gasteiger partial charge in [-0.05, 0) is 10.7 Å². The number of rotatable bonds is 2. The Morgan fingerprint density at radius 3 is 2.12 bits per heavy atom. The Hall–Kier alpha value is 0.300. The Kier molecular flexibility index (Phi) is 2.83. The van der Waals surface area contributed by atoms with Gasteiger partial charge in [0.25, 0.3) is 5.92 Å². The molecule has 1 atom stereocenters. The van der Waals surface area contributed by atoms with Crippen molar-refractivity contribution in [1.82, 2.24) is 0 Å². The van der Waals surface area contributed by atoms with Crippen molar-refractivity contribution in [2.75, 3.05) is 5.75 Å². The Morgan fingerprint density at radius 2 is 2.12 bits per heavy atom. The fourth-order valence-corrected chi connectivity index (χ4v) is 1.17. The fraction of sp³-hybridized carbons (Fsp3) is 1.00. The molecule has 1 unspecified atom stereocenters. The second kappa shape index (κ2) is 2.73. The van der Waals surface area contributed by atoms with Crippen LogP contribution in [-0.4, -0.2) is 15.9 Å². The maximum atomic E-state index is 11.7. The average Bonchev–Trinajstić information content (AvgIpc) is 1.21. The van der Waals surface area contributed by atoms with Crippen LogP contribution in [0.4, 0.5) is 8.78 Å². The molecule has 0 spiro atoms.